The number of nitrogens with one attached hydrogen (secondary N) is 2. The highest BCUT2D eigenvalue weighted by atomic mass is 19.2. The van der Waals surface area contributed by atoms with Crippen molar-refractivity contribution in [3.8, 4) is 0 Å². The second-order valence-electron chi connectivity index (χ2n) is 5.82. The van der Waals surface area contributed by atoms with E-state index in [4.69, 9.17) is 0 Å². The van der Waals surface area contributed by atoms with Crippen LogP contribution >= 0.6 is 0 Å². The molecule has 0 radical (unpaired) electrons. The first kappa shape index (κ1) is 14.4. The number of hydrogen-bond donors (Lipinski definition) is 2. The van der Waals surface area contributed by atoms with Gasteiger partial charge in [0.15, 0.2) is 17.5 Å². The molecule has 21 heavy (non-hydrogen) atoms. The summed E-state index contributed by atoms with van der Waals surface area (Å²) in [7, 11) is 0. The van der Waals surface area contributed by atoms with Crippen molar-refractivity contribution in [1.82, 2.24) is 5.32 Å². The first-order valence-electron chi connectivity index (χ1n) is 7.26. The quantitative estimate of drug-likeness (QED) is 0.824. The van der Waals surface area contributed by atoms with E-state index in [9.17, 15) is 18.0 Å². The van der Waals surface area contributed by atoms with Crippen LogP contribution in [0.5, 0.6) is 0 Å². The Balaban J connectivity index is 1.68. The van der Waals surface area contributed by atoms with Gasteiger partial charge in [-0.25, -0.2) is 13.2 Å². The van der Waals surface area contributed by atoms with Crippen LogP contribution in [0, 0.1) is 23.4 Å². The van der Waals surface area contributed by atoms with E-state index in [0.717, 1.165) is 31.4 Å². The molecule has 2 fully saturated rings. The number of benzene rings is 1. The van der Waals surface area contributed by atoms with Gasteiger partial charge < -0.3 is 10.6 Å². The van der Waals surface area contributed by atoms with E-state index in [2.05, 4.69) is 10.6 Å². The van der Waals surface area contributed by atoms with Gasteiger partial charge in [-0.05, 0) is 37.3 Å². The number of carbonyl (C=O) groups is 1. The van der Waals surface area contributed by atoms with E-state index in [1.165, 1.54) is 6.42 Å². The summed E-state index contributed by atoms with van der Waals surface area (Å²) >= 11 is 0. The maximum atomic E-state index is 13.6. The van der Waals surface area contributed by atoms with E-state index >= 15 is 0 Å². The molecule has 0 bridgehead atoms. The maximum Gasteiger partial charge on any atom is 0.241 e. The molecule has 1 aliphatic carbocycles. The molecule has 1 saturated heterocycles. The topological polar surface area (TPSA) is 41.1 Å². The average molecular weight is 298 g/mol. The highest BCUT2D eigenvalue weighted by Crippen LogP contribution is 2.33. The lowest BCUT2D eigenvalue weighted by molar-refractivity contribution is -0.117. The van der Waals surface area contributed by atoms with Crippen molar-refractivity contribution in [1.29, 1.82) is 0 Å². The summed E-state index contributed by atoms with van der Waals surface area (Å²) in [4.78, 5) is 12.2. The third-order valence-corrected chi connectivity index (χ3v) is 4.47. The van der Waals surface area contributed by atoms with Gasteiger partial charge in [0.2, 0.25) is 5.91 Å². The number of halogens is 3. The van der Waals surface area contributed by atoms with Gasteiger partial charge in [-0.2, -0.15) is 0 Å². The third kappa shape index (κ3) is 2.77. The molecule has 114 valence electrons. The molecule has 6 heteroatoms. The van der Waals surface area contributed by atoms with Gasteiger partial charge >= 0.3 is 0 Å². The lowest BCUT2D eigenvalue weighted by Crippen LogP contribution is -2.40. The second-order valence-corrected chi connectivity index (χ2v) is 5.82. The van der Waals surface area contributed by atoms with E-state index < -0.39 is 29.4 Å². The van der Waals surface area contributed by atoms with Crippen molar-refractivity contribution in [2.24, 2.45) is 5.92 Å². The average Bonchev–Trinajstić information content (AvgIpc) is 2.92. The van der Waals surface area contributed by atoms with Gasteiger partial charge in [-0.3, -0.25) is 4.79 Å². The van der Waals surface area contributed by atoms with Crippen LogP contribution in [-0.4, -0.2) is 18.0 Å². The first-order valence-corrected chi connectivity index (χ1v) is 7.26. The molecule has 0 aromatic heterocycles. The summed E-state index contributed by atoms with van der Waals surface area (Å²) in [6.07, 6.45) is 5.19. The van der Waals surface area contributed by atoms with Gasteiger partial charge in [-0.15, -0.1) is 0 Å². The summed E-state index contributed by atoms with van der Waals surface area (Å²) in [5.41, 5.74) is -0.324. The van der Waals surface area contributed by atoms with E-state index in [1.807, 2.05) is 0 Å². The smallest absolute Gasteiger partial charge is 0.241 e. The SMILES string of the molecule is O=C(Nc1ccc(F)c(F)c1F)C1CC2CCCCC2N1. The Morgan fingerprint density at radius 1 is 1.14 bits per heavy atom. The molecule has 3 rings (SSSR count). The van der Waals surface area contributed by atoms with Gasteiger partial charge in [0.25, 0.3) is 0 Å². The van der Waals surface area contributed by atoms with E-state index in [1.54, 1.807) is 0 Å². The standard InChI is InChI=1S/C15H17F3N2O/c16-9-5-6-11(14(18)13(9)17)20-15(21)12-7-8-3-1-2-4-10(8)19-12/h5-6,8,10,12,19H,1-4,7H2,(H,20,21). The van der Waals surface area contributed by atoms with Gasteiger partial charge in [0, 0.05) is 6.04 Å². The fourth-order valence-electron chi connectivity index (χ4n) is 3.36. The van der Waals surface area contributed by atoms with Crippen LogP contribution in [0.4, 0.5) is 18.9 Å². The van der Waals surface area contributed by atoms with Crippen molar-refractivity contribution in [3.63, 3.8) is 0 Å². The molecule has 1 amide bonds. The molecule has 1 aromatic rings. The normalized spacial score (nSPS) is 28.2. The van der Waals surface area contributed by atoms with Gasteiger partial charge in [0.05, 0.1) is 11.7 Å². The lowest BCUT2D eigenvalue weighted by atomic mass is 9.85. The molecule has 0 spiro atoms. The summed E-state index contributed by atoms with van der Waals surface area (Å²) < 4.78 is 39.6. The third-order valence-electron chi connectivity index (χ3n) is 4.47. The Kier molecular flexibility index (Phi) is 3.89. The Labute approximate surface area is 120 Å². The van der Waals surface area contributed by atoms with Gasteiger partial charge in [0.1, 0.15) is 0 Å². The number of carbonyl (C=O) groups excluding carboxylic acids is 1. The highest BCUT2D eigenvalue weighted by Gasteiger charge is 2.38. The Morgan fingerprint density at radius 2 is 1.90 bits per heavy atom. The van der Waals surface area contributed by atoms with Crippen LogP contribution in [0.25, 0.3) is 0 Å². The zero-order valence-corrected chi connectivity index (χ0v) is 11.5. The van der Waals surface area contributed by atoms with Crippen molar-refractivity contribution >= 4 is 11.6 Å². The van der Waals surface area contributed by atoms with Crippen LogP contribution < -0.4 is 10.6 Å². The molecular weight excluding hydrogens is 281 g/mol. The second kappa shape index (κ2) is 5.67. The Morgan fingerprint density at radius 3 is 2.67 bits per heavy atom. The molecule has 3 unspecified atom stereocenters. The largest absolute Gasteiger partial charge is 0.322 e. The van der Waals surface area contributed by atoms with Crippen LogP contribution in [0.2, 0.25) is 0 Å². The molecule has 1 aromatic carbocycles. The minimum Gasteiger partial charge on any atom is -0.322 e. The minimum atomic E-state index is -1.57. The molecule has 2 aliphatic rings. The monoisotopic (exact) mass is 298 g/mol. The number of rotatable bonds is 2. The van der Waals surface area contributed by atoms with E-state index in [-0.39, 0.29) is 5.69 Å². The molecule has 2 N–H and O–H groups in total. The van der Waals surface area contributed by atoms with Crippen LogP contribution in [0.1, 0.15) is 32.1 Å². The number of fused-ring (bicyclic) bond motifs is 1. The summed E-state index contributed by atoms with van der Waals surface area (Å²) in [5.74, 6) is -4.12. The number of anilines is 1. The molecular formula is C15H17F3N2O. The van der Waals surface area contributed by atoms with Crippen molar-refractivity contribution in [3.05, 3.63) is 29.6 Å². The zero-order chi connectivity index (χ0) is 15.0. The number of amides is 1. The Bertz CT molecular complexity index is 550. The zero-order valence-electron chi connectivity index (χ0n) is 11.5. The van der Waals surface area contributed by atoms with Crippen LogP contribution in [0.3, 0.4) is 0 Å². The van der Waals surface area contributed by atoms with Gasteiger partial charge in [-0.1, -0.05) is 12.8 Å². The highest BCUT2D eigenvalue weighted by molar-refractivity contribution is 5.95. The predicted octanol–water partition coefficient (Wildman–Crippen LogP) is 2.96. The predicted molar refractivity (Wildman–Crippen MR) is 72.2 cm³/mol. The summed E-state index contributed by atoms with van der Waals surface area (Å²) in [5, 5.41) is 5.60. The molecule has 3 nitrogen and oxygen atoms in total. The first-order chi connectivity index (χ1) is 10.1. The molecule has 1 saturated carbocycles. The van der Waals surface area contributed by atoms with Crippen LogP contribution in [0.15, 0.2) is 12.1 Å². The Hall–Kier alpha value is -1.56. The number of hydrogen-bond acceptors (Lipinski definition) is 2. The van der Waals surface area contributed by atoms with E-state index in [0.29, 0.717) is 18.4 Å². The summed E-state index contributed by atoms with van der Waals surface area (Å²) in [6.45, 7) is 0. The fraction of sp³-hybridized carbons (Fsp3) is 0.533. The minimum absolute atomic E-state index is 0.324. The lowest BCUT2D eigenvalue weighted by Gasteiger charge is -2.24. The van der Waals surface area contributed by atoms with Crippen molar-refractivity contribution < 1.29 is 18.0 Å². The fourth-order valence-corrected chi connectivity index (χ4v) is 3.36. The van der Waals surface area contributed by atoms with Crippen molar-refractivity contribution in [2.45, 2.75) is 44.2 Å². The van der Waals surface area contributed by atoms with Crippen LogP contribution in [-0.2, 0) is 4.79 Å². The van der Waals surface area contributed by atoms with Crippen molar-refractivity contribution in [2.75, 3.05) is 5.32 Å². The maximum absolute atomic E-state index is 13.6. The molecule has 1 heterocycles. The molecule has 3 atom stereocenters. The summed E-state index contributed by atoms with van der Waals surface area (Å²) in [6, 6.07) is 1.78. The molecule has 1 aliphatic heterocycles.